The van der Waals surface area contributed by atoms with Crippen molar-refractivity contribution in [3.63, 3.8) is 0 Å². The molecule has 0 bridgehead atoms. The van der Waals surface area contributed by atoms with Gasteiger partial charge in [-0.05, 0) is 19.9 Å². The first-order valence-corrected chi connectivity index (χ1v) is 12.9. The smallest absolute Gasteiger partial charge is 0.320 e. The summed E-state index contributed by atoms with van der Waals surface area (Å²) in [5, 5.41) is 0. The molecule has 37 heavy (non-hydrogen) atoms. The molecule has 0 radical (unpaired) electrons. The number of nitrogens with zero attached hydrogens (tertiary/aromatic N) is 10. The third-order valence-corrected chi connectivity index (χ3v) is 7.55. The largest absolute Gasteiger partial charge is 0.378 e. The van der Waals surface area contributed by atoms with Crippen LogP contribution in [0.1, 0.15) is 18.9 Å². The van der Waals surface area contributed by atoms with Gasteiger partial charge in [-0.3, -0.25) is 0 Å². The summed E-state index contributed by atoms with van der Waals surface area (Å²) < 4.78 is 7.69. The lowest BCUT2D eigenvalue weighted by Crippen LogP contribution is -2.53. The minimum Gasteiger partial charge on any atom is -0.378 e. The fraction of sp³-hybridized carbons (Fsp3) is 0.583. The number of piperazine rings is 1. The Bertz CT molecular complexity index is 1240. The van der Waals surface area contributed by atoms with Crippen LogP contribution in [0.3, 0.4) is 0 Å². The summed E-state index contributed by atoms with van der Waals surface area (Å²) >= 11 is 0. The molecular formula is C24H33N11O2. The van der Waals surface area contributed by atoms with Crippen molar-refractivity contribution in [2.75, 3.05) is 83.3 Å². The molecule has 0 unspecified atom stereocenters. The Morgan fingerprint density at radius 1 is 0.919 bits per heavy atom. The number of morpholine rings is 1. The van der Waals surface area contributed by atoms with Crippen molar-refractivity contribution in [3.8, 4) is 11.3 Å². The standard InChI is InChI=1S/C24H33N11O2/c1-31-6-8-34(9-7-31)24(36)33-4-2-18(3-5-33)35-16-28-20-19(17-14-26-22(25)27-15-17)29-23(30-21(20)35)32-10-12-37-13-11-32/h14-16,18H,2-13H2,1H3,(H2,25,26,27). The number of urea groups is 1. The van der Waals surface area contributed by atoms with Gasteiger partial charge in [0.2, 0.25) is 11.9 Å². The van der Waals surface area contributed by atoms with Gasteiger partial charge in [0.1, 0.15) is 11.2 Å². The van der Waals surface area contributed by atoms with Gasteiger partial charge in [0.05, 0.1) is 19.5 Å². The molecule has 0 aliphatic carbocycles. The van der Waals surface area contributed by atoms with E-state index in [2.05, 4.69) is 31.4 Å². The number of likely N-dealkylation sites (N-methyl/N-ethyl adjacent to an activating group) is 1. The third kappa shape index (κ3) is 4.76. The summed E-state index contributed by atoms with van der Waals surface area (Å²) in [6.07, 6.45) is 6.90. The van der Waals surface area contributed by atoms with Gasteiger partial charge in [-0.1, -0.05) is 0 Å². The lowest BCUT2D eigenvalue weighted by molar-refractivity contribution is 0.109. The van der Waals surface area contributed by atoms with E-state index >= 15 is 0 Å². The summed E-state index contributed by atoms with van der Waals surface area (Å²) in [4.78, 5) is 44.3. The van der Waals surface area contributed by atoms with Gasteiger partial charge in [0.25, 0.3) is 0 Å². The first kappa shape index (κ1) is 23.8. The number of nitrogen functional groups attached to an aromatic ring is 1. The maximum Gasteiger partial charge on any atom is 0.320 e. The highest BCUT2D eigenvalue weighted by Crippen LogP contribution is 2.32. The van der Waals surface area contributed by atoms with Crippen molar-refractivity contribution in [3.05, 3.63) is 18.7 Å². The molecule has 6 rings (SSSR count). The predicted octanol–water partition coefficient (Wildman–Crippen LogP) is 0.706. The Hall–Kier alpha value is -3.58. The zero-order chi connectivity index (χ0) is 25.4. The second-order valence-corrected chi connectivity index (χ2v) is 9.92. The average Bonchev–Trinajstić information content (AvgIpc) is 3.38. The van der Waals surface area contributed by atoms with Crippen LogP contribution in [0.4, 0.5) is 16.7 Å². The third-order valence-electron chi connectivity index (χ3n) is 7.55. The lowest BCUT2D eigenvalue weighted by Gasteiger charge is -2.39. The van der Waals surface area contributed by atoms with E-state index in [0.717, 1.165) is 76.4 Å². The molecule has 3 aliphatic heterocycles. The average molecular weight is 508 g/mol. The summed E-state index contributed by atoms with van der Waals surface area (Å²) in [6, 6.07) is 0.356. The molecule has 6 heterocycles. The van der Waals surface area contributed by atoms with Gasteiger partial charge in [0.15, 0.2) is 5.65 Å². The molecule has 3 saturated heterocycles. The highest BCUT2D eigenvalue weighted by molar-refractivity contribution is 5.88. The molecule has 0 atom stereocenters. The van der Waals surface area contributed by atoms with E-state index in [-0.39, 0.29) is 18.0 Å². The van der Waals surface area contributed by atoms with Gasteiger partial charge in [0, 0.05) is 76.4 Å². The number of nitrogens with two attached hydrogens (primary N) is 1. The molecule has 13 heteroatoms. The fourth-order valence-electron chi connectivity index (χ4n) is 5.27. The van der Waals surface area contributed by atoms with Crippen molar-refractivity contribution in [1.82, 2.24) is 44.2 Å². The highest BCUT2D eigenvalue weighted by atomic mass is 16.5. The number of ether oxygens (including phenoxy) is 1. The molecule has 3 aliphatic rings. The second-order valence-electron chi connectivity index (χ2n) is 9.92. The molecule has 2 N–H and O–H groups in total. The summed E-state index contributed by atoms with van der Waals surface area (Å²) in [6.45, 7) is 7.60. The summed E-state index contributed by atoms with van der Waals surface area (Å²) in [5.74, 6) is 0.859. The number of hydrogen-bond donors (Lipinski definition) is 1. The van der Waals surface area contributed by atoms with Crippen LogP contribution < -0.4 is 10.6 Å². The quantitative estimate of drug-likeness (QED) is 0.540. The lowest BCUT2D eigenvalue weighted by atomic mass is 10.0. The maximum atomic E-state index is 13.1. The Kier molecular flexibility index (Phi) is 6.47. The molecule has 0 spiro atoms. The van der Waals surface area contributed by atoms with Crippen molar-refractivity contribution in [1.29, 1.82) is 0 Å². The first-order chi connectivity index (χ1) is 18.1. The van der Waals surface area contributed by atoms with Gasteiger partial charge in [-0.15, -0.1) is 0 Å². The van der Waals surface area contributed by atoms with E-state index in [4.69, 9.17) is 25.4 Å². The number of anilines is 2. The molecule has 0 saturated carbocycles. The number of hydrogen-bond acceptors (Lipinski definition) is 10. The van der Waals surface area contributed by atoms with Gasteiger partial charge >= 0.3 is 6.03 Å². The Morgan fingerprint density at radius 3 is 2.30 bits per heavy atom. The summed E-state index contributed by atoms with van der Waals surface area (Å²) in [5.41, 5.74) is 8.65. The van der Waals surface area contributed by atoms with Crippen LogP contribution in [0.5, 0.6) is 0 Å². The number of carbonyl (C=O) groups excluding carboxylic acids is 1. The van der Waals surface area contributed by atoms with Gasteiger partial charge in [-0.2, -0.15) is 4.98 Å². The second kappa shape index (κ2) is 10.1. The Morgan fingerprint density at radius 2 is 1.59 bits per heavy atom. The van der Waals surface area contributed by atoms with Crippen LogP contribution in [0.2, 0.25) is 0 Å². The van der Waals surface area contributed by atoms with Crippen LogP contribution >= 0.6 is 0 Å². The zero-order valence-electron chi connectivity index (χ0n) is 21.2. The van der Waals surface area contributed by atoms with E-state index in [9.17, 15) is 4.79 Å². The van der Waals surface area contributed by atoms with Crippen molar-refractivity contribution < 1.29 is 9.53 Å². The van der Waals surface area contributed by atoms with Crippen molar-refractivity contribution in [2.24, 2.45) is 0 Å². The molecular weight excluding hydrogens is 474 g/mol. The Balaban J connectivity index is 1.27. The van der Waals surface area contributed by atoms with Crippen LogP contribution in [-0.2, 0) is 4.74 Å². The minimum absolute atomic E-state index is 0.157. The van der Waals surface area contributed by atoms with E-state index in [0.29, 0.717) is 30.4 Å². The number of fused-ring (bicyclic) bond motifs is 1. The molecule has 3 aromatic rings. The van der Waals surface area contributed by atoms with E-state index in [1.807, 2.05) is 16.1 Å². The molecule has 3 fully saturated rings. The molecule has 0 aromatic carbocycles. The van der Waals surface area contributed by atoms with Crippen LogP contribution in [0, 0.1) is 0 Å². The molecule has 2 amide bonds. The summed E-state index contributed by atoms with van der Waals surface area (Å²) in [7, 11) is 2.10. The van der Waals surface area contributed by atoms with Crippen LogP contribution in [0.25, 0.3) is 22.4 Å². The fourth-order valence-corrected chi connectivity index (χ4v) is 5.27. The van der Waals surface area contributed by atoms with Gasteiger partial charge in [-0.25, -0.2) is 24.7 Å². The first-order valence-electron chi connectivity index (χ1n) is 12.9. The number of piperidine rings is 1. The number of aromatic nitrogens is 6. The van der Waals surface area contributed by atoms with Crippen molar-refractivity contribution in [2.45, 2.75) is 18.9 Å². The SMILES string of the molecule is CN1CCN(C(=O)N2CCC(n3cnc4c(-c5cnc(N)nc5)nc(N5CCOCC5)nc43)CC2)CC1. The minimum atomic E-state index is 0.157. The number of amides is 2. The molecule has 196 valence electrons. The maximum absolute atomic E-state index is 13.1. The highest BCUT2D eigenvalue weighted by Gasteiger charge is 2.30. The molecule has 13 nitrogen and oxygen atoms in total. The number of carbonyl (C=O) groups is 1. The van der Waals surface area contributed by atoms with E-state index in [1.54, 1.807) is 12.4 Å². The van der Waals surface area contributed by atoms with Gasteiger partial charge < -0.3 is 34.6 Å². The monoisotopic (exact) mass is 507 g/mol. The Labute approximate surface area is 215 Å². The molecule has 3 aromatic heterocycles. The number of likely N-dealkylation sites (tertiary alicyclic amines) is 1. The number of rotatable bonds is 3. The number of imidazole rings is 1. The predicted molar refractivity (Wildman–Crippen MR) is 138 cm³/mol. The van der Waals surface area contributed by atoms with Crippen molar-refractivity contribution >= 4 is 29.1 Å². The van der Waals surface area contributed by atoms with E-state index < -0.39 is 0 Å². The normalized spacial score (nSPS) is 20.1. The van der Waals surface area contributed by atoms with E-state index in [1.165, 1.54) is 0 Å². The topological polar surface area (TPSA) is 135 Å². The van der Waals surface area contributed by atoms with Crippen LogP contribution in [0.15, 0.2) is 18.7 Å². The zero-order valence-corrected chi connectivity index (χ0v) is 21.2. The van der Waals surface area contributed by atoms with Crippen LogP contribution in [-0.4, -0.2) is 123 Å².